The minimum absolute atomic E-state index is 0.0902. The molecule has 3 heterocycles. The summed E-state index contributed by atoms with van der Waals surface area (Å²) in [6.07, 6.45) is 3.80. The molecular formula is C17H19N5O2. The maximum Gasteiger partial charge on any atom is 0.290 e. The lowest BCUT2D eigenvalue weighted by Gasteiger charge is -2.16. The highest BCUT2D eigenvalue weighted by atomic mass is 16.5. The summed E-state index contributed by atoms with van der Waals surface area (Å²) < 4.78 is 7.19. The molecule has 0 radical (unpaired) electrons. The predicted octanol–water partition coefficient (Wildman–Crippen LogP) is 2.25. The lowest BCUT2D eigenvalue weighted by molar-refractivity contribution is 0.0908. The van der Waals surface area contributed by atoms with Crippen LogP contribution < -0.4 is 5.32 Å². The Morgan fingerprint density at radius 2 is 2.25 bits per heavy atom. The fourth-order valence-corrected chi connectivity index (χ4v) is 3.02. The number of pyridine rings is 1. The summed E-state index contributed by atoms with van der Waals surface area (Å²) in [5.74, 6) is -0.0230. The van der Waals surface area contributed by atoms with Crippen molar-refractivity contribution >= 4 is 16.9 Å². The van der Waals surface area contributed by atoms with Crippen molar-refractivity contribution in [3.05, 3.63) is 41.5 Å². The van der Waals surface area contributed by atoms with Crippen LogP contribution in [-0.4, -0.2) is 32.4 Å². The normalized spacial score (nSPS) is 15.6. The Morgan fingerprint density at radius 1 is 1.42 bits per heavy atom. The third-order valence-electron chi connectivity index (χ3n) is 4.63. The van der Waals surface area contributed by atoms with Crippen LogP contribution >= 0.6 is 0 Å². The molecule has 1 fully saturated rings. The van der Waals surface area contributed by atoms with E-state index in [-0.39, 0.29) is 17.1 Å². The largest absolute Gasteiger partial charge is 0.349 e. The highest BCUT2D eigenvalue weighted by Gasteiger charge is 2.43. The molecule has 1 N–H and O–H groups in total. The molecule has 3 aromatic heterocycles. The van der Waals surface area contributed by atoms with E-state index >= 15 is 0 Å². The summed E-state index contributed by atoms with van der Waals surface area (Å²) in [6, 6.07) is 5.63. The molecular weight excluding hydrogens is 306 g/mol. The number of aryl methyl sites for hydroxylation is 2. The van der Waals surface area contributed by atoms with Crippen LogP contribution in [-0.2, 0) is 6.54 Å². The Labute approximate surface area is 139 Å². The zero-order valence-corrected chi connectivity index (χ0v) is 13.7. The van der Waals surface area contributed by atoms with Crippen LogP contribution in [0.5, 0.6) is 0 Å². The molecule has 0 saturated heterocycles. The minimum atomic E-state index is -0.245. The summed E-state index contributed by atoms with van der Waals surface area (Å²) in [6.45, 7) is 5.48. The molecule has 1 amide bonds. The average Bonchev–Trinajstić information content (AvgIpc) is 3.07. The number of carbonyl (C=O) groups excluding carboxylic acids is 1. The van der Waals surface area contributed by atoms with Gasteiger partial charge in [0.05, 0.1) is 11.1 Å². The highest BCUT2D eigenvalue weighted by Crippen LogP contribution is 2.46. The van der Waals surface area contributed by atoms with Crippen molar-refractivity contribution < 1.29 is 9.32 Å². The third kappa shape index (κ3) is 2.66. The summed E-state index contributed by atoms with van der Waals surface area (Å²) in [5, 5.41) is 12.0. The van der Waals surface area contributed by atoms with Crippen molar-refractivity contribution in [3.63, 3.8) is 0 Å². The highest BCUT2D eigenvalue weighted by molar-refractivity contribution is 6.02. The van der Waals surface area contributed by atoms with Gasteiger partial charge in [0, 0.05) is 30.4 Å². The van der Waals surface area contributed by atoms with E-state index in [1.165, 1.54) is 0 Å². The van der Waals surface area contributed by atoms with E-state index in [1.54, 1.807) is 18.3 Å². The Kier molecular flexibility index (Phi) is 3.37. The van der Waals surface area contributed by atoms with Crippen LogP contribution in [0.2, 0.25) is 0 Å². The molecule has 0 unspecified atom stereocenters. The van der Waals surface area contributed by atoms with E-state index in [9.17, 15) is 4.79 Å². The molecule has 24 heavy (non-hydrogen) atoms. The van der Waals surface area contributed by atoms with Gasteiger partial charge in [-0.3, -0.25) is 9.48 Å². The summed E-state index contributed by atoms with van der Waals surface area (Å²) in [7, 11) is 0. The zero-order chi connectivity index (χ0) is 16.7. The van der Waals surface area contributed by atoms with Crippen molar-refractivity contribution in [2.75, 3.05) is 6.54 Å². The first kappa shape index (κ1) is 14.9. The van der Waals surface area contributed by atoms with Gasteiger partial charge in [-0.15, -0.1) is 0 Å². The molecule has 3 aromatic rings. The molecule has 0 bridgehead atoms. The van der Waals surface area contributed by atoms with Gasteiger partial charge in [0.1, 0.15) is 0 Å². The maximum atomic E-state index is 12.4. The molecule has 7 nitrogen and oxygen atoms in total. The second-order valence-electron chi connectivity index (χ2n) is 6.65. The first-order valence-corrected chi connectivity index (χ1v) is 8.06. The zero-order valence-electron chi connectivity index (χ0n) is 13.7. The standard InChI is InChI=1S/C17H19N5O2/c1-11-8-12(2)22(20-11)10-17(5-6-17)9-19-16(23)14-13-4-3-7-18-15(13)21-24-14/h3-4,7-8H,5-6,9-10H2,1-2H3,(H,19,23). The van der Waals surface area contributed by atoms with Crippen molar-refractivity contribution in [1.29, 1.82) is 0 Å². The van der Waals surface area contributed by atoms with E-state index < -0.39 is 0 Å². The number of aromatic nitrogens is 4. The number of amides is 1. The van der Waals surface area contributed by atoms with Gasteiger partial charge >= 0.3 is 0 Å². The van der Waals surface area contributed by atoms with Crippen LogP contribution in [0.15, 0.2) is 28.9 Å². The van der Waals surface area contributed by atoms with Crippen LogP contribution in [0.1, 0.15) is 34.8 Å². The fraction of sp³-hybridized carbons (Fsp3) is 0.412. The number of hydrogen-bond donors (Lipinski definition) is 1. The average molecular weight is 325 g/mol. The molecule has 1 aliphatic rings. The Balaban J connectivity index is 1.44. The van der Waals surface area contributed by atoms with Crippen molar-refractivity contribution in [2.45, 2.75) is 33.2 Å². The number of hydrogen-bond acceptors (Lipinski definition) is 5. The third-order valence-corrected chi connectivity index (χ3v) is 4.63. The molecule has 1 saturated carbocycles. The number of nitrogens with zero attached hydrogens (tertiary/aromatic N) is 4. The van der Waals surface area contributed by atoms with Gasteiger partial charge in [-0.2, -0.15) is 5.10 Å². The van der Waals surface area contributed by atoms with Crippen LogP contribution in [0, 0.1) is 19.3 Å². The summed E-state index contributed by atoms with van der Waals surface area (Å²) in [4.78, 5) is 16.5. The van der Waals surface area contributed by atoms with Crippen molar-refractivity contribution in [2.24, 2.45) is 5.41 Å². The number of fused-ring (bicyclic) bond motifs is 1. The van der Waals surface area contributed by atoms with E-state index in [1.807, 2.05) is 11.6 Å². The van der Waals surface area contributed by atoms with Crippen LogP contribution in [0.3, 0.4) is 0 Å². The van der Waals surface area contributed by atoms with Gasteiger partial charge in [0.2, 0.25) is 11.4 Å². The molecule has 0 aromatic carbocycles. The monoisotopic (exact) mass is 325 g/mol. The van der Waals surface area contributed by atoms with Gasteiger partial charge in [0.15, 0.2) is 0 Å². The smallest absolute Gasteiger partial charge is 0.290 e. The Hall–Kier alpha value is -2.70. The molecule has 0 aliphatic heterocycles. The Bertz CT molecular complexity index is 907. The predicted molar refractivity (Wildman–Crippen MR) is 87.5 cm³/mol. The lowest BCUT2D eigenvalue weighted by Crippen LogP contribution is -2.32. The molecule has 0 spiro atoms. The van der Waals surface area contributed by atoms with E-state index in [4.69, 9.17) is 4.52 Å². The molecule has 1 aliphatic carbocycles. The summed E-state index contributed by atoms with van der Waals surface area (Å²) in [5.41, 5.74) is 2.71. The SMILES string of the molecule is Cc1cc(C)n(CC2(CNC(=O)c3onc4ncccc34)CC2)n1. The first-order valence-electron chi connectivity index (χ1n) is 8.06. The summed E-state index contributed by atoms with van der Waals surface area (Å²) >= 11 is 0. The van der Waals surface area contributed by atoms with E-state index in [0.717, 1.165) is 30.8 Å². The second-order valence-corrected chi connectivity index (χ2v) is 6.65. The van der Waals surface area contributed by atoms with Crippen molar-refractivity contribution in [1.82, 2.24) is 25.2 Å². The molecule has 124 valence electrons. The van der Waals surface area contributed by atoms with Gasteiger partial charge in [-0.1, -0.05) is 5.16 Å². The minimum Gasteiger partial charge on any atom is -0.349 e. The van der Waals surface area contributed by atoms with Gasteiger partial charge in [-0.05, 0) is 44.9 Å². The quantitative estimate of drug-likeness (QED) is 0.777. The number of nitrogens with one attached hydrogen (secondary N) is 1. The van der Waals surface area contributed by atoms with Crippen LogP contribution in [0.25, 0.3) is 11.0 Å². The Morgan fingerprint density at radius 3 is 2.96 bits per heavy atom. The molecule has 7 heteroatoms. The van der Waals surface area contributed by atoms with E-state index in [0.29, 0.717) is 17.6 Å². The second kappa shape index (κ2) is 5.43. The van der Waals surface area contributed by atoms with Gasteiger partial charge in [0.25, 0.3) is 5.91 Å². The van der Waals surface area contributed by atoms with Gasteiger partial charge in [-0.25, -0.2) is 4.98 Å². The first-order chi connectivity index (χ1) is 11.6. The van der Waals surface area contributed by atoms with E-state index in [2.05, 4.69) is 33.5 Å². The molecule has 0 atom stereocenters. The van der Waals surface area contributed by atoms with Crippen molar-refractivity contribution in [3.8, 4) is 0 Å². The fourth-order valence-electron chi connectivity index (χ4n) is 3.02. The number of carbonyl (C=O) groups is 1. The molecule has 4 rings (SSSR count). The lowest BCUT2D eigenvalue weighted by atomic mass is 10.1. The van der Waals surface area contributed by atoms with Gasteiger partial charge < -0.3 is 9.84 Å². The maximum absolute atomic E-state index is 12.4. The number of rotatable bonds is 5. The topological polar surface area (TPSA) is 85.8 Å². The van der Waals surface area contributed by atoms with Crippen LogP contribution in [0.4, 0.5) is 0 Å².